The molecule has 0 radical (unpaired) electrons. The van der Waals surface area contributed by atoms with Crippen molar-refractivity contribution in [1.82, 2.24) is 9.55 Å². The van der Waals surface area contributed by atoms with Crippen molar-refractivity contribution in [3.8, 4) is 0 Å². The fourth-order valence-electron chi connectivity index (χ4n) is 2.34. The second-order valence-corrected chi connectivity index (χ2v) is 5.05. The Kier molecular flexibility index (Phi) is 3.32. The Labute approximate surface area is 107 Å². The Morgan fingerprint density at radius 1 is 1.50 bits per heavy atom. The molecule has 0 amide bonds. The minimum Gasteiger partial charge on any atom is -0.464 e. The summed E-state index contributed by atoms with van der Waals surface area (Å²) in [5, 5.41) is 0. The lowest BCUT2D eigenvalue weighted by Crippen LogP contribution is -2.16. The first-order chi connectivity index (χ1) is 8.56. The van der Waals surface area contributed by atoms with Crippen LogP contribution in [0.5, 0.6) is 0 Å². The first kappa shape index (κ1) is 12.9. The minimum absolute atomic E-state index is 0.251. The number of nitrogen functional groups attached to an aromatic ring is 1. The van der Waals surface area contributed by atoms with E-state index in [2.05, 4.69) is 11.9 Å². The number of methoxy groups -OCH3 is 1. The number of esters is 1. The van der Waals surface area contributed by atoms with E-state index in [0.717, 1.165) is 25.2 Å². The summed E-state index contributed by atoms with van der Waals surface area (Å²) in [4.78, 5) is 15.9. The highest BCUT2D eigenvalue weighted by Gasteiger charge is 2.42. The largest absolute Gasteiger partial charge is 0.464 e. The molecule has 0 aromatic carbocycles. The van der Waals surface area contributed by atoms with Crippen LogP contribution in [0.2, 0.25) is 0 Å². The summed E-state index contributed by atoms with van der Waals surface area (Å²) >= 11 is 0. The van der Waals surface area contributed by atoms with Gasteiger partial charge in [0.2, 0.25) is 0 Å². The van der Waals surface area contributed by atoms with E-state index in [1.165, 1.54) is 20.0 Å². The SMILES string of the molecule is CCc1nc(C(=O)OC)c(N)n1CC1(CC)CC1. The maximum Gasteiger partial charge on any atom is 0.360 e. The van der Waals surface area contributed by atoms with Crippen LogP contribution in [0.1, 0.15) is 49.4 Å². The molecule has 0 saturated heterocycles. The number of imidazole rings is 1. The zero-order valence-electron chi connectivity index (χ0n) is 11.3. The number of hydrogen-bond donors (Lipinski definition) is 1. The lowest BCUT2D eigenvalue weighted by Gasteiger charge is -2.16. The molecule has 2 rings (SSSR count). The number of ether oxygens (including phenoxy) is 1. The normalized spacial score (nSPS) is 16.6. The van der Waals surface area contributed by atoms with Gasteiger partial charge in [-0.25, -0.2) is 9.78 Å². The van der Waals surface area contributed by atoms with Crippen molar-refractivity contribution in [3.63, 3.8) is 0 Å². The van der Waals surface area contributed by atoms with Gasteiger partial charge < -0.3 is 15.0 Å². The van der Waals surface area contributed by atoms with Crippen molar-refractivity contribution in [2.45, 2.75) is 46.1 Å². The smallest absolute Gasteiger partial charge is 0.360 e. The van der Waals surface area contributed by atoms with Crippen molar-refractivity contribution >= 4 is 11.8 Å². The van der Waals surface area contributed by atoms with Crippen molar-refractivity contribution in [3.05, 3.63) is 11.5 Å². The Morgan fingerprint density at radius 2 is 2.17 bits per heavy atom. The summed E-state index contributed by atoms with van der Waals surface area (Å²) in [5.41, 5.74) is 6.66. The van der Waals surface area contributed by atoms with Crippen LogP contribution in [-0.2, 0) is 17.7 Å². The monoisotopic (exact) mass is 251 g/mol. The Balaban J connectivity index is 2.33. The third kappa shape index (κ3) is 2.09. The van der Waals surface area contributed by atoms with Gasteiger partial charge in [0.25, 0.3) is 0 Å². The van der Waals surface area contributed by atoms with Gasteiger partial charge in [-0.15, -0.1) is 0 Å². The summed E-state index contributed by atoms with van der Waals surface area (Å²) in [7, 11) is 1.35. The number of carbonyl (C=O) groups is 1. The van der Waals surface area contributed by atoms with Crippen LogP contribution in [0, 0.1) is 5.41 Å². The molecule has 1 aromatic rings. The van der Waals surface area contributed by atoms with Crippen LogP contribution < -0.4 is 5.73 Å². The molecule has 1 aliphatic rings. The van der Waals surface area contributed by atoms with Crippen LogP contribution in [0.3, 0.4) is 0 Å². The molecule has 1 aromatic heterocycles. The number of aromatic nitrogens is 2. The number of rotatable bonds is 5. The fraction of sp³-hybridized carbons (Fsp3) is 0.692. The Bertz CT molecular complexity index is 461. The van der Waals surface area contributed by atoms with Gasteiger partial charge in [-0.1, -0.05) is 13.8 Å². The third-order valence-corrected chi connectivity index (χ3v) is 3.98. The van der Waals surface area contributed by atoms with Gasteiger partial charge in [0, 0.05) is 13.0 Å². The number of carbonyl (C=O) groups excluding carboxylic acids is 1. The summed E-state index contributed by atoms with van der Waals surface area (Å²) < 4.78 is 6.70. The van der Waals surface area contributed by atoms with Gasteiger partial charge in [0.15, 0.2) is 5.69 Å². The summed E-state index contributed by atoms with van der Waals surface area (Å²) in [6.45, 7) is 5.08. The van der Waals surface area contributed by atoms with E-state index in [4.69, 9.17) is 10.5 Å². The molecule has 5 heteroatoms. The van der Waals surface area contributed by atoms with Gasteiger partial charge in [-0.3, -0.25) is 0 Å². The zero-order chi connectivity index (χ0) is 13.3. The van der Waals surface area contributed by atoms with Gasteiger partial charge in [-0.05, 0) is 24.7 Å². The van der Waals surface area contributed by atoms with E-state index in [0.29, 0.717) is 11.2 Å². The second-order valence-electron chi connectivity index (χ2n) is 5.05. The molecule has 1 saturated carbocycles. The summed E-state index contributed by atoms with van der Waals surface area (Å²) in [6, 6.07) is 0. The summed E-state index contributed by atoms with van der Waals surface area (Å²) in [6.07, 6.45) is 4.37. The number of nitrogens with two attached hydrogens (primary N) is 1. The number of nitrogens with zero attached hydrogens (tertiary/aromatic N) is 2. The summed E-state index contributed by atoms with van der Waals surface area (Å²) in [5.74, 6) is 0.855. The van der Waals surface area contributed by atoms with Crippen LogP contribution >= 0.6 is 0 Å². The molecule has 0 unspecified atom stereocenters. The maximum atomic E-state index is 11.6. The van der Waals surface area contributed by atoms with Crippen molar-refractivity contribution < 1.29 is 9.53 Å². The Morgan fingerprint density at radius 3 is 2.61 bits per heavy atom. The molecule has 0 bridgehead atoms. The van der Waals surface area contributed by atoms with E-state index < -0.39 is 5.97 Å². The standard InChI is InChI=1S/C13H21N3O2/c1-4-9-15-10(12(17)18-3)11(14)16(9)8-13(5-2)6-7-13/h4-8,14H2,1-3H3. The molecule has 0 aliphatic heterocycles. The second kappa shape index (κ2) is 4.63. The van der Waals surface area contributed by atoms with Crippen LogP contribution in [0.4, 0.5) is 5.82 Å². The molecular weight excluding hydrogens is 230 g/mol. The van der Waals surface area contributed by atoms with Gasteiger partial charge in [0.1, 0.15) is 11.6 Å². The predicted octanol–water partition coefficient (Wildman–Crippen LogP) is 2.00. The Hall–Kier alpha value is -1.52. The van der Waals surface area contributed by atoms with Crippen molar-refractivity contribution in [1.29, 1.82) is 0 Å². The molecule has 1 heterocycles. The fourth-order valence-corrected chi connectivity index (χ4v) is 2.34. The average Bonchev–Trinajstić information content (AvgIpc) is 3.10. The lowest BCUT2D eigenvalue weighted by atomic mass is 10.0. The van der Waals surface area contributed by atoms with Crippen LogP contribution in [-0.4, -0.2) is 22.6 Å². The minimum atomic E-state index is -0.456. The van der Waals surface area contributed by atoms with Crippen LogP contribution in [0.15, 0.2) is 0 Å². The van der Waals surface area contributed by atoms with E-state index in [1.54, 1.807) is 0 Å². The number of anilines is 1. The highest BCUT2D eigenvalue weighted by Crippen LogP contribution is 2.50. The maximum absolute atomic E-state index is 11.6. The number of hydrogen-bond acceptors (Lipinski definition) is 4. The van der Waals surface area contributed by atoms with E-state index in [-0.39, 0.29) is 5.69 Å². The number of aryl methyl sites for hydroxylation is 1. The van der Waals surface area contributed by atoms with E-state index >= 15 is 0 Å². The highest BCUT2D eigenvalue weighted by molar-refractivity contribution is 5.92. The molecule has 100 valence electrons. The molecule has 1 aliphatic carbocycles. The quantitative estimate of drug-likeness (QED) is 0.813. The van der Waals surface area contributed by atoms with Crippen molar-refractivity contribution in [2.24, 2.45) is 5.41 Å². The molecule has 0 atom stereocenters. The van der Waals surface area contributed by atoms with E-state index in [9.17, 15) is 4.79 Å². The van der Waals surface area contributed by atoms with E-state index in [1.807, 2.05) is 11.5 Å². The molecule has 0 spiro atoms. The highest BCUT2D eigenvalue weighted by atomic mass is 16.5. The predicted molar refractivity (Wildman–Crippen MR) is 69.3 cm³/mol. The van der Waals surface area contributed by atoms with Gasteiger partial charge in [-0.2, -0.15) is 0 Å². The third-order valence-electron chi connectivity index (χ3n) is 3.98. The zero-order valence-corrected chi connectivity index (χ0v) is 11.3. The van der Waals surface area contributed by atoms with Gasteiger partial charge >= 0.3 is 5.97 Å². The molecule has 2 N–H and O–H groups in total. The first-order valence-electron chi connectivity index (χ1n) is 6.50. The van der Waals surface area contributed by atoms with Crippen LogP contribution in [0.25, 0.3) is 0 Å². The van der Waals surface area contributed by atoms with Gasteiger partial charge in [0.05, 0.1) is 7.11 Å². The first-order valence-corrected chi connectivity index (χ1v) is 6.50. The topological polar surface area (TPSA) is 70.1 Å². The molecule has 1 fully saturated rings. The average molecular weight is 251 g/mol. The van der Waals surface area contributed by atoms with Crippen molar-refractivity contribution in [2.75, 3.05) is 12.8 Å². The molecule has 5 nitrogen and oxygen atoms in total. The molecular formula is C13H21N3O2. The lowest BCUT2D eigenvalue weighted by molar-refractivity contribution is 0.0595. The molecule has 18 heavy (non-hydrogen) atoms.